The molecule has 1 heterocycles. The van der Waals surface area contributed by atoms with Crippen molar-refractivity contribution in [3.63, 3.8) is 0 Å². The molecule has 4 nitrogen and oxygen atoms in total. The third-order valence-electron chi connectivity index (χ3n) is 3.77. The van der Waals surface area contributed by atoms with E-state index in [1.807, 2.05) is 37.3 Å². The summed E-state index contributed by atoms with van der Waals surface area (Å²) in [5.41, 5.74) is 6.96. The maximum absolute atomic E-state index is 11.6. The molecule has 0 radical (unpaired) electrons. The molecule has 20 heavy (non-hydrogen) atoms. The van der Waals surface area contributed by atoms with Crippen LogP contribution in [-0.4, -0.2) is 48.9 Å². The number of sulfone groups is 1. The van der Waals surface area contributed by atoms with Gasteiger partial charge in [-0.05, 0) is 12.5 Å². The van der Waals surface area contributed by atoms with Crippen molar-refractivity contribution in [1.29, 1.82) is 0 Å². The molecule has 2 atom stereocenters. The maximum atomic E-state index is 11.6. The number of hydrogen-bond donors (Lipinski definition) is 1. The van der Waals surface area contributed by atoms with Crippen LogP contribution in [0.25, 0.3) is 0 Å². The topological polar surface area (TPSA) is 63.4 Å². The van der Waals surface area contributed by atoms with Gasteiger partial charge in [-0.1, -0.05) is 42.5 Å². The van der Waals surface area contributed by atoms with E-state index >= 15 is 0 Å². The Morgan fingerprint density at radius 3 is 2.65 bits per heavy atom. The largest absolute Gasteiger partial charge is 0.393 e. The lowest BCUT2D eigenvalue weighted by Crippen LogP contribution is -2.49. The minimum atomic E-state index is -2.89. The van der Waals surface area contributed by atoms with E-state index in [0.717, 1.165) is 5.56 Å². The molecule has 0 aromatic heterocycles. The molecule has 2 unspecified atom stereocenters. The molecular formula is C14H20N2O2S2. The average molecular weight is 312 g/mol. The molecule has 1 aliphatic heterocycles. The zero-order valence-electron chi connectivity index (χ0n) is 11.5. The fourth-order valence-corrected chi connectivity index (χ4v) is 4.42. The smallest absolute Gasteiger partial charge is 0.153 e. The molecule has 1 aromatic carbocycles. The molecule has 1 aromatic rings. The molecule has 0 aliphatic carbocycles. The molecule has 6 heteroatoms. The van der Waals surface area contributed by atoms with Crippen LogP contribution in [0.15, 0.2) is 30.3 Å². The van der Waals surface area contributed by atoms with Crippen molar-refractivity contribution in [3.8, 4) is 0 Å². The zero-order valence-corrected chi connectivity index (χ0v) is 13.2. The Morgan fingerprint density at radius 1 is 1.45 bits per heavy atom. The van der Waals surface area contributed by atoms with Crippen molar-refractivity contribution in [3.05, 3.63) is 35.9 Å². The van der Waals surface area contributed by atoms with Crippen LogP contribution in [0.1, 0.15) is 18.4 Å². The minimum absolute atomic E-state index is 0.00862. The van der Waals surface area contributed by atoms with Crippen LogP contribution in [0, 0.1) is 0 Å². The number of thiocarbonyl (C=S) groups is 1. The first kappa shape index (κ1) is 15.4. The third-order valence-corrected chi connectivity index (χ3v) is 5.85. The quantitative estimate of drug-likeness (QED) is 0.846. The predicted molar refractivity (Wildman–Crippen MR) is 85.7 cm³/mol. The van der Waals surface area contributed by atoms with Gasteiger partial charge in [0.25, 0.3) is 0 Å². The van der Waals surface area contributed by atoms with Gasteiger partial charge in [-0.3, -0.25) is 4.90 Å². The Balaban J connectivity index is 2.12. The summed E-state index contributed by atoms with van der Waals surface area (Å²) >= 11 is 5.18. The van der Waals surface area contributed by atoms with Crippen molar-refractivity contribution in [2.45, 2.75) is 18.9 Å². The van der Waals surface area contributed by atoms with Gasteiger partial charge in [0.15, 0.2) is 9.84 Å². The van der Waals surface area contributed by atoms with Gasteiger partial charge >= 0.3 is 0 Å². The highest BCUT2D eigenvalue weighted by Gasteiger charge is 2.30. The SMILES string of the molecule is CC1CS(=O)(=O)CCN1CC(C(N)=S)c1ccccc1. The van der Waals surface area contributed by atoms with Gasteiger partial charge in [-0.15, -0.1) is 0 Å². The molecule has 1 aliphatic rings. The standard InChI is InChI=1S/C14H20N2O2S2/c1-11-10-20(17,18)8-7-16(11)9-13(14(15)19)12-5-3-2-4-6-12/h2-6,11,13H,7-10H2,1H3,(H2,15,19). The Morgan fingerprint density at radius 2 is 2.10 bits per heavy atom. The number of nitrogens with two attached hydrogens (primary N) is 1. The Kier molecular flexibility index (Phi) is 4.78. The van der Waals surface area contributed by atoms with Crippen molar-refractivity contribution in [2.75, 3.05) is 24.6 Å². The van der Waals surface area contributed by atoms with Crippen LogP contribution >= 0.6 is 12.2 Å². The van der Waals surface area contributed by atoms with E-state index in [2.05, 4.69) is 4.90 Å². The second-order valence-electron chi connectivity index (χ2n) is 5.32. The predicted octanol–water partition coefficient (Wildman–Crippen LogP) is 1.18. The van der Waals surface area contributed by atoms with Gasteiger partial charge < -0.3 is 5.73 Å². The summed E-state index contributed by atoms with van der Waals surface area (Å²) in [5, 5.41) is 0. The molecule has 1 saturated heterocycles. The van der Waals surface area contributed by atoms with E-state index in [1.54, 1.807) is 0 Å². The number of hydrogen-bond acceptors (Lipinski definition) is 4. The number of rotatable bonds is 4. The average Bonchev–Trinajstić information content (AvgIpc) is 2.37. The molecular weight excluding hydrogens is 292 g/mol. The fraction of sp³-hybridized carbons (Fsp3) is 0.500. The maximum Gasteiger partial charge on any atom is 0.153 e. The van der Waals surface area contributed by atoms with Gasteiger partial charge in [0.2, 0.25) is 0 Å². The van der Waals surface area contributed by atoms with Crippen LogP contribution < -0.4 is 5.73 Å². The highest BCUT2D eigenvalue weighted by Crippen LogP contribution is 2.21. The molecule has 0 saturated carbocycles. The van der Waals surface area contributed by atoms with Crippen LogP contribution in [-0.2, 0) is 9.84 Å². The second-order valence-corrected chi connectivity index (χ2v) is 8.02. The normalized spacial score (nSPS) is 24.1. The third kappa shape index (κ3) is 3.77. The van der Waals surface area contributed by atoms with E-state index in [9.17, 15) is 8.42 Å². The lowest BCUT2D eigenvalue weighted by atomic mass is 9.98. The minimum Gasteiger partial charge on any atom is -0.393 e. The summed E-state index contributed by atoms with van der Waals surface area (Å²) in [4.78, 5) is 2.62. The molecule has 0 amide bonds. The first-order chi connectivity index (χ1) is 9.39. The van der Waals surface area contributed by atoms with Crippen molar-refractivity contribution in [2.24, 2.45) is 5.73 Å². The van der Waals surface area contributed by atoms with E-state index < -0.39 is 9.84 Å². The summed E-state index contributed by atoms with van der Waals surface area (Å²) in [6, 6.07) is 9.91. The van der Waals surface area contributed by atoms with E-state index in [-0.39, 0.29) is 23.5 Å². The lowest BCUT2D eigenvalue weighted by Gasteiger charge is -2.35. The van der Waals surface area contributed by atoms with E-state index in [4.69, 9.17) is 18.0 Å². The summed E-state index contributed by atoms with van der Waals surface area (Å²) in [6.45, 7) is 3.17. The van der Waals surface area contributed by atoms with Crippen molar-refractivity contribution >= 4 is 27.0 Å². The molecule has 110 valence electrons. The molecule has 2 N–H and O–H groups in total. The molecule has 0 bridgehead atoms. The van der Waals surface area contributed by atoms with Gasteiger partial charge in [-0.2, -0.15) is 0 Å². The molecule has 0 spiro atoms. The van der Waals surface area contributed by atoms with Crippen LogP contribution in [0.3, 0.4) is 0 Å². The van der Waals surface area contributed by atoms with Crippen LogP contribution in [0.5, 0.6) is 0 Å². The Hall–Kier alpha value is -0.980. The number of nitrogens with zero attached hydrogens (tertiary/aromatic N) is 1. The Bertz CT molecular complexity index is 572. The zero-order chi connectivity index (χ0) is 14.8. The fourth-order valence-electron chi connectivity index (χ4n) is 2.58. The van der Waals surface area contributed by atoms with Crippen LogP contribution in [0.4, 0.5) is 0 Å². The first-order valence-electron chi connectivity index (χ1n) is 6.68. The summed E-state index contributed by atoms with van der Waals surface area (Å²) in [6.07, 6.45) is 0. The lowest BCUT2D eigenvalue weighted by molar-refractivity contribution is 0.225. The van der Waals surface area contributed by atoms with Crippen molar-refractivity contribution < 1.29 is 8.42 Å². The molecule has 1 fully saturated rings. The van der Waals surface area contributed by atoms with Gasteiger partial charge in [0, 0.05) is 25.0 Å². The molecule has 2 rings (SSSR count). The van der Waals surface area contributed by atoms with Crippen LogP contribution in [0.2, 0.25) is 0 Å². The summed E-state index contributed by atoms with van der Waals surface area (Å²) in [7, 11) is -2.89. The first-order valence-corrected chi connectivity index (χ1v) is 8.91. The highest BCUT2D eigenvalue weighted by molar-refractivity contribution is 7.91. The second kappa shape index (κ2) is 6.20. The van der Waals surface area contributed by atoms with Gasteiger partial charge in [0.05, 0.1) is 16.5 Å². The van der Waals surface area contributed by atoms with Gasteiger partial charge in [0.1, 0.15) is 0 Å². The van der Waals surface area contributed by atoms with Crippen molar-refractivity contribution in [1.82, 2.24) is 4.90 Å². The summed E-state index contributed by atoms with van der Waals surface area (Å²) in [5.74, 6) is 0.400. The van der Waals surface area contributed by atoms with E-state index in [0.29, 0.717) is 18.1 Å². The summed E-state index contributed by atoms with van der Waals surface area (Å²) < 4.78 is 23.2. The number of benzene rings is 1. The van der Waals surface area contributed by atoms with Gasteiger partial charge in [-0.25, -0.2) is 8.42 Å². The monoisotopic (exact) mass is 312 g/mol. The highest BCUT2D eigenvalue weighted by atomic mass is 32.2. The Labute approximate surface area is 125 Å². The van der Waals surface area contributed by atoms with E-state index in [1.165, 1.54) is 0 Å².